The number of ether oxygens (including phenoxy) is 2. The van der Waals surface area contributed by atoms with Crippen molar-refractivity contribution < 1.29 is 23.5 Å². The van der Waals surface area contributed by atoms with Crippen LogP contribution in [0.15, 0.2) is 53.2 Å². The molecule has 0 aliphatic heterocycles. The minimum Gasteiger partial charge on any atom is -0.469 e. The van der Waals surface area contributed by atoms with E-state index >= 15 is 0 Å². The molecule has 0 bridgehead atoms. The van der Waals surface area contributed by atoms with Crippen molar-refractivity contribution in [2.24, 2.45) is 22.7 Å². The Kier molecular flexibility index (Phi) is 7.25. The van der Waals surface area contributed by atoms with E-state index in [1.807, 2.05) is 25.1 Å². The fourth-order valence-corrected chi connectivity index (χ4v) is 6.88. The van der Waals surface area contributed by atoms with E-state index in [-0.39, 0.29) is 29.9 Å². The molecule has 188 valence electrons. The van der Waals surface area contributed by atoms with Crippen LogP contribution in [0.5, 0.6) is 0 Å². The average Bonchev–Trinajstić information content (AvgIpc) is 3.29. The van der Waals surface area contributed by atoms with E-state index in [4.69, 9.17) is 13.9 Å². The van der Waals surface area contributed by atoms with E-state index in [0.29, 0.717) is 17.2 Å². The molecule has 5 heteroatoms. The van der Waals surface area contributed by atoms with E-state index < -0.39 is 5.41 Å². The molecule has 2 fully saturated rings. The summed E-state index contributed by atoms with van der Waals surface area (Å²) in [6.07, 6.45) is 8.36. The second-order valence-corrected chi connectivity index (χ2v) is 10.9. The summed E-state index contributed by atoms with van der Waals surface area (Å²) >= 11 is 0. The number of hydrogen-bond donors (Lipinski definition) is 0. The summed E-state index contributed by atoms with van der Waals surface area (Å²) < 4.78 is 16.5. The molecule has 0 N–H and O–H groups in total. The summed E-state index contributed by atoms with van der Waals surface area (Å²) in [5, 5.41) is 0. The standard InChI is InChI=1S/C30H38O5/c1-20-7-10-23(11-8-20)27(31)35-19-25-22(15-18-34-25)12-13-24-21(2)9-14-26-29(24,3)16-6-17-30(26,4)28(32)33-5/h7-8,10-11,15,18,24,26H,2,6,9,12-14,16-17,19H2,1,3-5H3/t24-,26-,29+,30+/m0/s1. The Morgan fingerprint density at radius 1 is 1.14 bits per heavy atom. The molecule has 1 aromatic heterocycles. The zero-order chi connectivity index (χ0) is 25.2. The van der Waals surface area contributed by atoms with Crippen molar-refractivity contribution in [2.45, 2.75) is 72.3 Å². The first-order valence-corrected chi connectivity index (χ1v) is 12.7. The van der Waals surface area contributed by atoms with Gasteiger partial charge in [0.2, 0.25) is 0 Å². The van der Waals surface area contributed by atoms with Crippen molar-refractivity contribution in [3.8, 4) is 0 Å². The molecule has 0 radical (unpaired) electrons. The van der Waals surface area contributed by atoms with E-state index in [2.05, 4.69) is 20.4 Å². The van der Waals surface area contributed by atoms with E-state index in [9.17, 15) is 9.59 Å². The van der Waals surface area contributed by atoms with Gasteiger partial charge in [0.1, 0.15) is 12.4 Å². The van der Waals surface area contributed by atoms with Gasteiger partial charge < -0.3 is 13.9 Å². The van der Waals surface area contributed by atoms with Crippen molar-refractivity contribution in [1.29, 1.82) is 0 Å². The van der Waals surface area contributed by atoms with Crippen LogP contribution in [-0.4, -0.2) is 19.0 Å². The first-order chi connectivity index (χ1) is 16.7. The molecule has 35 heavy (non-hydrogen) atoms. The minimum atomic E-state index is -0.439. The number of benzene rings is 1. The second-order valence-electron chi connectivity index (χ2n) is 10.9. The summed E-state index contributed by atoms with van der Waals surface area (Å²) in [5.41, 5.74) is 3.55. The molecule has 4 atom stereocenters. The number of aryl methyl sites for hydroxylation is 2. The zero-order valence-corrected chi connectivity index (χ0v) is 21.5. The first-order valence-electron chi connectivity index (χ1n) is 12.7. The molecular formula is C30H38O5. The summed E-state index contributed by atoms with van der Waals surface area (Å²) in [5.74, 6) is 0.867. The number of carbonyl (C=O) groups is 2. The molecule has 1 heterocycles. The number of fused-ring (bicyclic) bond motifs is 1. The highest BCUT2D eigenvalue weighted by molar-refractivity contribution is 5.89. The predicted molar refractivity (Wildman–Crippen MR) is 135 cm³/mol. The Balaban J connectivity index is 1.44. The lowest BCUT2D eigenvalue weighted by molar-refractivity contribution is -0.168. The van der Waals surface area contributed by atoms with Crippen molar-refractivity contribution in [1.82, 2.24) is 0 Å². The second kappa shape index (κ2) is 10.0. The quantitative estimate of drug-likeness (QED) is 0.322. The van der Waals surface area contributed by atoms with E-state index in [1.54, 1.807) is 18.4 Å². The van der Waals surface area contributed by atoms with Gasteiger partial charge in [0, 0.05) is 0 Å². The molecule has 0 unspecified atom stereocenters. The number of furan rings is 1. The van der Waals surface area contributed by atoms with Crippen molar-refractivity contribution in [2.75, 3.05) is 7.11 Å². The van der Waals surface area contributed by atoms with Crippen LogP contribution in [0.25, 0.3) is 0 Å². The third-order valence-electron chi connectivity index (χ3n) is 8.83. The van der Waals surface area contributed by atoms with Gasteiger partial charge in [-0.2, -0.15) is 0 Å². The maximum Gasteiger partial charge on any atom is 0.338 e. The van der Waals surface area contributed by atoms with Crippen LogP contribution >= 0.6 is 0 Å². The number of carbonyl (C=O) groups excluding carboxylic acids is 2. The monoisotopic (exact) mass is 478 g/mol. The number of hydrogen-bond acceptors (Lipinski definition) is 5. The Bertz CT molecular complexity index is 1080. The lowest BCUT2D eigenvalue weighted by Crippen LogP contribution is -2.53. The summed E-state index contributed by atoms with van der Waals surface area (Å²) in [7, 11) is 1.50. The molecule has 2 aliphatic rings. The first kappa shape index (κ1) is 25.3. The van der Waals surface area contributed by atoms with Gasteiger partial charge in [0.25, 0.3) is 0 Å². The lowest BCUT2D eigenvalue weighted by atomic mass is 9.46. The highest BCUT2D eigenvalue weighted by Gasteiger charge is 2.57. The van der Waals surface area contributed by atoms with Gasteiger partial charge in [-0.3, -0.25) is 4.79 Å². The van der Waals surface area contributed by atoms with Gasteiger partial charge in [-0.15, -0.1) is 0 Å². The SMILES string of the molecule is C=C1CC[C@H]2[C@](C)(CCC[C@@]2(C)C(=O)OC)[C@H]1CCc1ccoc1COC(=O)c1ccc(C)cc1. The Morgan fingerprint density at radius 2 is 1.89 bits per heavy atom. The summed E-state index contributed by atoms with van der Waals surface area (Å²) in [4.78, 5) is 25.2. The van der Waals surface area contributed by atoms with Gasteiger partial charge in [0.05, 0.1) is 24.4 Å². The number of rotatable bonds is 7. The third-order valence-corrected chi connectivity index (χ3v) is 8.83. The van der Waals surface area contributed by atoms with Gasteiger partial charge in [-0.25, -0.2) is 4.79 Å². The van der Waals surface area contributed by atoms with Crippen molar-refractivity contribution >= 4 is 11.9 Å². The fraction of sp³-hybridized carbons (Fsp3) is 0.533. The van der Waals surface area contributed by atoms with Gasteiger partial charge in [-0.1, -0.05) is 43.2 Å². The molecule has 5 nitrogen and oxygen atoms in total. The Labute approximate surface area is 208 Å². The van der Waals surface area contributed by atoms with Crippen LogP contribution < -0.4 is 0 Å². The summed E-state index contributed by atoms with van der Waals surface area (Å²) in [6.45, 7) is 11.0. The molecule has 0 saturated heterocycles. The molecule has 0 amide bonds. The van der Waals surface area contributed by atoms with Crippen molar-refractivity contribution in [3.05, 3.63) is 71.2 Å². The number of esters is 2. The topological polar surface area (TPSA) is 65.7 Å². The van der Waals surface area contributed by atoms with Crippen LogP contribution in [0.2, 0.25) is 0 Å². The van der Waals surface area contributed by atoms with Crippen LogP contribution in [0.4, 0.5) is 0 Å². The maximum atomic E-state index is 12.8. The molecule has 4 rings (SSSR count). The predicted octanol–water partition coefficient (Wildman–Crippen LogP) is 6.83. The smallest absolute Gasteiger partial charge is 0.338 e. The van der Waals surface area contributed by atoms with Crippen LogP contribution in [0.1, 0.15) is 79.6 Å². The van der Waals surface area contributed by atoms with Gasteiger partial charge in [0.15, 0.2) is 0 Å². The lowest BCUT2D eigenvalue weighted by Gasteiger charge is -2.57. The molecule has 2 aromatic rings. The summed E-state index contributed by atoms with van der Waals surface area (Å²) in [6, 6.07) is 9.32. The average molecular weight is 479 g/mol. The van der Waals surface area contributed by atoms with Gasteiger partial charge in [-0.05, 0) is 93.4 Å². The number of methoxy groups -OCH3 is 1. The van der Waals surface area contributed by atoms with Crippen LogP contribution in [0.3, 0.4) is 0 Å². The molecule has 0 spiro atoms. The fourth-order valence-electron chi connectivity index (χ4n) is 6.88. The zero-order valence-electron chi connectivity index (χ0n) is 21.5. The van der Waals surface area contributed by atoms with Gasteiger partial charge >= 0.3 is 11.9 Å². The Morgan fingerprint density at radius 3 is 2.60 bits per heavy atom. The normalized spacial score (nSPS) is 28.3. The van der Waals surface area contributed by atoms with Crippen LogP contribution in [0, 0.1) is 29.6 Å². The highest BCUT2D eigenvalue weighted by Crippen LogP contribution is 2.62. The van der Waals surface area contributed by atoms with Crippen molar-refractivity contribution in [3.63, 3.8) is 0 Å². The molecule has 2 aliphatic carbocycles. The van der Waals surface area contributed by atoms with E-state index in [0.717, 1.165) is 56.1 Å². The largest absolute Gasteiger partial charge is 0.469 e. The van der Waals surface area contributed by atoms with Crippen LogP contribution in [-0.2, 0) is 27.3 Å². The third kappa shape index (κ3) is 4.82. The molecular weight excluding hydrogens is 440 g/mol. The highest BCUT2D eigenvalue weighted by atomic mass is 16.5. The maximum absolute atomic E-state index is 12.8. The minimum absolute atomic E-state index is 0.0122. The molecule has 1 aromatic carbocycles. The molecule has 2 saturated carbocycles. The number of allylic oxidation sites excluding steroid dienone is 1. The Hall–Kier alpha value is -2.82. The van der Waals surface area contributed by atoms with E-state index in [1.165, 1.54) is 12.7 Å².